The summed E-state index contributed by atoms with van der Waals surface area (Å²) in [6.07, 6.45) is 0.387. The molecule has 0 amide bonds. The minimum absolute atomic E-state index is 0.0112. The number of anilines is 1. The summed E-state index contributed by atoms with van der Waals surface area (Å²) in [5.41, 5.74) is 6.54. The van der Waals surface area contributed by atoms with E-state index in [1.165, 1.54) is 6.07 Å². The fourth-order valence-electron chi connectivity index (χ4n) is 2.43. The van der Waals surface area contributed by atoms with Gasteiger partial charge in [-0.15, -0.1) is 0 Å². The molecule has 3 atom stereocenters. The first-order valence-corrected chi connectivity index (χ1v) is 6.01. The zero-order chi connectivity index (χ0) is 12.4. The molecule has 4 heteroatoms. The minimum Gasteiger partial charge on any atom is -0.393 e. The van der Waals surface area contributed by atoms with E-state index >= 15 is 0 Å². The number of aliphatic hydroxyl groups excluding tert-OH is 1. The molecule has 1 aliphatic heterocycles. The summed E-state index contributed by atoms with van der Waals surface area (Å²) in [5.74, 6) is -0.121. The zero-order valence-electron chi connectivity index (χ0n) is 10.0. The van der Waals surface area contributed by atoms with E-state index in [0.717, 1.165) is 6.42 Å². The molecule has 0 spiro atoms. The van der Waals surface area contributed by atoms with Crippen LogP contribution in [0, 0.1) is 11.7 Å². The summed E-state index contributed by atoms with van der Waals surface area (Å²) >= 11 is 0. The Kier molecular flexibility index (Phi) is 3.64. The maximum Gasteiger partial charge on any atom is 0.146 e. The van der Waals surface area contributed by atoms with E-state index in [-0.39, 0.29) is 17.8 Å². The summed E-state index contributed by atoms with van der Waals surface area (Å²) in [4.78, 5) is 1.93. The van der Waals surface area contributed by atoms with Crippen molar-refractivity contribution in [3.05, 3.63) is 30.1 Å². The monoisotopic (exact) mass is 238 g/mol. The average molecular weight is 238 g/mol. The van der Waals surface area contributed by atoms with E-state index in [9.17, 15) is 9.50 Å². The van der Waals surface area contributed by atoms with Crippen LogP contribution in [0.1, 0.15) is 13.3 Å². The lowest BCUT2D eigenvalue weighted by molar-refractivity contribution is 0.110. The first kappa shape index (κ1) is 12.3. The number of para-hydroxylation sites is 1. The van der Waals surface area contributed by atoms with Gasteiger partial charge in [0.2, 0.25) is 0 Å². The lowest BCUT2D eigenvalue weighted by Crippen LogP contribution is -2.49. The van der Waals surface area contributed by atoms with Gasteiger partial charge < -0.3 is 15.7 Å². The molecule has 1 fully saturated rings. The van der Waals surface area contributed by atoms with E-state index in [4.69, 9.17) is 5.73 Å². The second-order valence-corrected chi connectivity index (χ2v) is 4.85. The third kappa shape index (κ3) is 2.76. The van der Waals surface area contributed by atoms with Crippen molar-refractivity contribution < 1.29 is 9.50 Å². The Balaban J connectivity index is 2.18. The molecule has 3 nitrogen and oxygen atoms in total. The highest BCUT2D eigenvalue weighted by Gasteiger charge is 2.29. The molecule has 0 bridgehead atoms. The quantitative estimate of drug-likeness (QED) is 0.818. The van der Waals surface area contributed by atoms with Crippen molar-refractivity contribution in [1.82, 2.24) is 0 Å². The molecule has 2 rings (SSSR count). The molecule has 0 radical (unpaired) electrons. The van der Waals surface area contributed by atoms with Crippen molar-refractivity contribution in [2.24, 2.45) is 11.7 Å². The van der Waals surface area contributed by atoms with E-state index in [1.807, 2.05) is 11.0 Å². The van der Waals surface area contributed by atoms with Gasteiger partial charge in [0.05, 0.1) is 11.8 Å². The van der Waals surface area contributed by atoms with Gasteiger partial charge in [0.25, 0.3) is 0 Å². The molecule has 3 unspecified atom stereocenters. The Morgan fingerprint density at radius 2 is 2.12 bits per heavy atom. The summed E-state index contributed by atoms with van der Waals surface area (Å²) in [7, 11) is 0. The average Bonchev–Trinajstić information content (AvgIpc) is 2.28. The molecule has 0 aliphatic carbocycles. The van der Waals surface area contributed by atoms with E-state index < -0.39 is 6.10 Å². The second-order valence-electron chi connectivity index (χ2n) is 4.85. The van der Waals surface area contributed by atoms with Crippen molar-refractivity contribution in [2.75, 3.05) is 18.0 Å². The van der Waals surface area contributed by atoms with Gasteiger partial charge in [-0.3, -0.25) is 0 Å². The van der Waals surface area contributed by atoms with Crippen molar-refractivity contribution in [3.63, 3.8) is 0 Å². The van der Waals surface area contributed by atoms with Crippen LogP contribution in [0.15, 0.2) is 24.3 Å². The number of nitrogens with zero attached hydrogens (tertiary/aromatic N) is 1. The molecule has 1 aliphatic rings. The van der Waals surface area contributed by atoms with Crippen LogP contribution in [0.25, 0.3) is 0 Å². The highest BCUT2D eigenvalue weighted by molar-refractivity contribution is 5.48. The Labute approximate surface area is 101 Å². The van der Waals surface area contributed by atoms with Gasteiger partial charge in [-0.25, -0.2) is 4.39 Å². The normalized spacial score (nSPS) is 26.9. The number of halogens is 1. The first-order chi connectivity index (χ1) is 8.08. The number of rotatable bonds is 2. The molecular weight excluding hydrogens is 219 g/mol. The van der Waals surface area contributed by atoms with Gasteiger partial charge in [0, 0.05) is 25.0 Å². The molecule has 1 heterocycles. The standard InChI is InChI=1S/C13H19FN2O/c1-9(17)10-6-11(15)8-16(7-10)13-5-3-2-4-12(13)14/h2-5,9-11,17H,6-8,15H2,1H3. The Hall–Kier alpha value is -1.13. The van der Waals surface area contributed by atoms with Gasteiger partial charge >= 0.3 is 0 Å². The predicted molar refractivity (Wildman–Crippen MR) is 66.4 cm³/mol. The van der Waals surface area contributed by atoms with Crippen LogP contribution in [0.2, 0.25) is 0 Å². The van der Waals surface area contributed by atoms with E-state index in [2.05, 4.69) is 0 Å². The fraction of sp³-hybridized carbons (Fsp3) is 0.538. The summed E-state index contributed by atoms with van der Waals surface area (Å²) in [5, 5.41) is 9.65. The predicted octanol–water partition coefficient (Wildman–Crippen LogP) is 1.36. The van der Waals surface area contributed by atoms with Gasteiger partial charge in [-0.05, 0) is 25.5 Å². The summed E-state index contributed by atoms with van der Waals surface area (Å²) in [6.45, 7) is 3.07. The molecule has 1 aromatic carbocycles. The number of aliphatic hydroxyl groups is 1. The molecule has 1 saturated heterocycles. The Morgan fingerprint density at radius 1 is 1.41 bits per heavy atom. The smallest absolute Gasteiger partial charge is 0.146 e. The van der Waals surface area contributed by atoms with Gasteiger partial charge in [-0.1, -0.05) is 12.1 Å². The molecule has 0 aromatic heterocycles. The van der Waals surface area contributed by atoms with E-state index in [1.54, 1.807) is 19.1 Å². The lowest BCUT2D eigenvalue weighted by Gasteiger charge is -2.39. The minimum atomic E-state index is -0.407. The van der Waals surface area contributed by atoms with Crippen molar-refractivity contribution >= 4 is 5.69 Å². The largest absolute Gasteiger partial charge is 0.393 e. The van der Waals surface area contributed by atoms with Crippen LogP contribution in [-0.4, -0.2) is 30.3 Å². The van der Waals surface area contributed by atoms with E-state index in [0.29, 0.717) is 18.8 Å². The zero-order valence-corrected chi connectivity index (χ0v) is 10.0. The number of hydrogen-bond donors (Lipinski definition) is 2. The van der Waals surface area contributed by atoms with Crippen LogP contribution < -0.4 is 10.6 Å². The Bertz CT molecular complexity index is 383. The topological polar surface area (TPSA) is 49.5 Å². The second kappa shape index (κ2) is 5.02. The maximum absolute atomic E-state index is 13.7. The SMILES string of the molecule is CC(O)C1CC(N)CN(c2ccccc2F)C1. The molecule has 94 valence electrons. The summed E-state index contributed by atoms with van der Waals surface area (Å²) < 4.78 is 13.7. The third-order valence-electron chi connectivity index (χ3n) is 3.39. The number of nitrogens with two attached hydrogens (primary N) is 1. The van der Waals surface area contributed by atoms with Crippen molar-refractivity contribution in [3.8, 4) is 0 Å². The first-order valence-electron chi connectivity index (χ1n) is 6.01. The Morgan fingerprint density at radius 3 is 2.76 bits per heavy atom. The highest BCUT2D eigenvalue weighted by atomic mass is 19.1. The van der Waals surface area contributed by atoms with Gasteiger partial charge in [0.1, 0.15) is 5.82 Å². The molecule has 1 aromatic rings. The maximum atomic E-state index is 13.7. The van der Waals surface area contributed by atoms with Crippen LogP contribution in [0.3, 0.4) is 0 Å². The third-order valence-corrected chi connectivity index (χ3v) is 3.39. The molecular formula is C13H19FN2O. The molecule has 3 N–H and O–H groups in total. The molecule has 17 heavy (non-hydrogen) atoms. The fourth-order valence-corrected chi connectivity index (χ4v) is 2.43. The van der Waals surface area contributed by atoms with Crippen LogP contribution in [0.4, 0.5) is 10.1 Å². The van der Waals surface area contributed by atoms with Gasteiger partial charge in [-0.2, -0.15) is 0 Å². The molecule has 0 saturated carbocycles. The van der Waals surface area contributed by atoms with Crippen molar-refractivity contribution in [2.45, 2.75) is 25.5 Å². The number of hydrogen-bond acceptors (Lipinski definition) is 3. The van der Waals surface area contributed by atoms with Crippen LogP contribution in [-0.2, 0) is 0 Å². The van der Waals surface area contributed by atoms with Crippen LogP contribution >= 0.6 is 0 Å². The number of piperidine rings is 1. The number of benzene rings is 1. The summed E-state index contributed by atoms with van der Waals surface area (Å²) in [6, 6.07) is 6.69. The van der Waals surface area contributed by atoms with Crippen LogP contribution in [0.5, 0.6) is 0 Å². The lowest BCUT2D eigenvalue weighted by atomic mass is 9.90. The highest BCUT2D eigenvalue weighted by Crippen LogP contribution is 2.26. The van der Waals surface area contributed by atoms with Crippen molar-refractivity contribution in [1.29, 1.82) is 0 Å². The van der Waals surface area contributed by atoms with Gasteiger partial charge in [0.15, 0.2) is 0 Å².